The first-order chi connectivity index (χ1) is 9.91. The second-order valence-electron chi connectivity index (χ2n) is 6.50. The number of hydrogen-bond acceptors (Lipinski definition) is 3. The molecule has 0 aliphatic heterocycles. The summed E-state index contributed by atoms with van der Waals surface area (Å²) in [6, 6.07) is 6.53. The quantitative estimate of drug-likeness (QED) is 0.908. The summed E-state index contributed by atoms with van der Waals surface area (Å²) in [7, 11) is 0. The molecule has 0 aliphatic carbocycles. The highest BCUT2D eigenvalue weighted by Crippen LogP contribution is 2.33. The van der Waals surface area contributed by atoms with Gasteiger partial charge >= 0.3 is 0 Å². The van der Waals surface area contributed by atoms with Gasteiger partial charge in [0.05, 0.1) is 18.5 Å². The summed E-state index contributed by atoms with van der Waals surface area (Å²) >= 11 is 0. The van der Waals surface area contributed by atoms with Crippen LogP contribution < -0.4 is 4.74 Å². The average molecular weight is 287 g/mol. The highest BCUT2D eigenvalue weighted by atomic mass is 16.5. The maximum atomic E-state index is 5.80. The summed E-state index contributed by atoms with van der Waals surface area (Å²) < 4.78 is 5.80. The number of aromatic amines is 1. The maximum absolute atomic E-state index is 5.80. The molecule has 0 amide bonds. The van der Waals surface area contributed by atoms with Crippen LogP contribution in [0.3, 0.4) is 0 Å². The van der Waals surface area contributed by atoms with Crippen molar-refractivity contribution in [1.29, 1.82) is 0 Å². The van der Waals surface area contributed by atoms with Crippen molar-refractivity contribution in [2.45, 2.75) is 52.4 Å². The molecule has 114 valence electrons. The second kappa shape index (κ2) is 6.29. The van der Waals surface area contributed by atoms with Gasteiger partial charge in [-0.3, -0.25) is 0 Å². The van der Waals surface area contributed by atoms with Crippen molar-refractivity contribution in [3.8, 4) is 5.75 Å². The van der Waals surface area contributed by atoms with Crippen LogP contribution in [-0.2, 0) is 11.8 Å². The number of hydrogen-bond donors (Lipinski definition) is 1. The third-order valence-electron chi connectivity index (χ3n) is 3.69. The van der Waals surface area contributed by atoms with Crippen LogP contribution in [0, 0.1) is 0 Å². The third-order valence-corrected chi connectivity index (χ3v) is 3.69. The van der Waals surface area contributed by atoms with E-state index in [0.29, 0.717) is 12.5 Å². The number of aromatic nitrogens is 3. The van der Waals surface area contributed by atoms with Crippen molar-refractivity contribution in [2.24, 2.45) is 0 Å². The minimum Gasteiger partial charge on any atom is -0.494 e. The molecule has 1 unspecified atom stereocenters. The van der Waals surface area contributed by atoms with Gasteiger partial charge in [0.2, 0.25) is 0 Å². The summed E-state index contributed by atoms with van der Waals surface area (Å²) in [6.07, 6.45) is 2.63. The molecule has 0 radical (unpaired) electrons. The van der Waals surface area contributed by atoms with Crippen LogP contribution in [0.4, 0.5) is 0 Å². The molecule has 0 aliphatic rings. The molecule has 0 saturated carbocycles. The van der Waals surface area contributed by atoms with Crippen LogP contribution in [0.15, 0.2) is 24.4 Å². The normalized spacial score (nSPS) is 13.2. The Morgan fingerprint density at radius 1 is 1.29 bits per heavy atom. The molecule has 1 atom stereocenters. The largest absolute Gasteiger partial charge is 0.494 e. The van der Waals surface area contributed by atoms with E-state index in [1.165, 1.54) is 11.1 Å². The Kier molecular flexibility index (Phi) is 4.66. The van der Waals surface area contributed by atoms with Crippen molar-refractivity contribution in [2.75, 3.05) is 6.61 Å². The predicted molar refractivity (Wildman–Crippen MR) is 84.8 cm³/mol. The molecule has 0 spiro atoms. The van der Waals surface area contributed by atoms with Gasteiger partial charge in [-0.1, -0.05) is 39.8 Å². The first kappa shape index (κ1) is 15.5. The Balaban J connectivity index is 2.33. The molecule has 4 nitrogen and oxygen atoms in total. The van der Waals surface area contributed by atoms with Crippen LogP contribution in [0.5, 0.6) is 5.75 Å². The zero-order valence-electron chi connectivity index (χ0n) is 13.6. The minimum absolute atomic E-state index is 0.132. The number of H-pyrrole nitrogens is 1. The Morgan fingerprint density at radius 3 is 2.62 bits per heavy atom. The topological polar surface area (TPSA) is 50.8 Å². The number of benzene rings is 1. The summed E-state index contributed by atoms with van der Waals surface area (Å²) in [4.78, 5) is 0. The smallest absolute Gasteiger partial charge is 0.122 e. The van der Waals surface area contributed by atoms with Crippen molar-refractivity contribution < 1.29 is 4.74 Å². The summed E-state index contributed by atoms with van der Waals surface area (Å²) in [5.41, 5.74) is 3.68. The van der Waals surface area contributed by atoms with E-state index in [1.807, 2.05) is 6.92 Å². The molecule has 1 aromatic carbocycles. The van der Waals surface area contributed by atoms with Crippen molar-refractivity contribution in [3.63, 3.8) is 0 Å². The lowest BCUT2D eigenvalue weighted by molar-refractivity contribution is 0.334. The van der Waals surface area contributed by atoms with Gasteiger partial charge in [-0.2, -0.15) is 15.4 Å². The molecule has 0 bridgehead atoms. The molecule has 21 heavy (non-hydrogen) atoms. The predicted octanol–water partition coefficient (Wildman–Crippen LogP) is 3.85. The van der Waals surface area contributed by atoms with Gasteiger partial charge in [-0.15, -0.1) is 0 Å². The Labute approximate surface area is 126 Å². The van der Waals surface area contributed by atoms with Gasteiger partial charge in [0, 0.05) is 0 Å². The Morgan fingerprint density at radius 2 is 2.05 bits per heavy atom. The van der Waals surface area contributed by atoms with Crippen LogP contribution in [0.2, 0.25) is 0 Å². The molecule has 2 rings (SSSR count). The number of rotatable bonds is 5. The fourth-order valence-electron chi connectivity index (χ4n) is 2.43. The fraction of sp³-hybridized carbons (Fsp3) is 0.529. The zero-order valence-corrected chi connectivity index (χ0v) is 13.6. The molecule has 1 heterocycles. The highest BCUT2D eigenvalue weighted by Gasteiger charge is 2.19. The maximum Gasteiger partial charge on any atom is 0.122 e. The lowest BCUT2D eigenvalue weighted by Crippen LogP contribution is -2.13. The fourth-order valence-corrected chi connectivity index (χ4v) is 2.43. The number of ether oxygens (including phenoxy) is 1. The van der Waals surface area contributed by atoms with Crippen LogP contribution in [0.25, 0.3) is 0 Å². The van der Waals surface area contributed by atoms with E-state index >= 15 is 0 Å². The van der Waals surface area contributed by atoms with Gasteiger partial charge in [-0.05, 0) is 41.9 Å². The molecule has 1 N–H and O–H groups in total. The second-order valence-corrected chi connectivity index (χ2v) is 6.50. The van der Waals surface area contributed by atoms with Gasteiger partial charge in [0.1, 0.15) is 5.75 Å². The van der Waals surface area contributed by atoms with E-state index in [2.05, 4.69) is 61.3 Å². The van der Waals surface area contributed by atoms with E-state index in [1.54, 1.807) is 6.20 Å². The summed E-state index contributed by atoms with van der Waals surface area (Å²) in [5, 5.41) is 10.7. The average Bonchev–Trinajstić information content (AvgIpc) is 2.91. The lowest BCUT2D eigenvalue weighted by atomic mass is 9.83. The molecule has 0 saturated heterocycles. The Hall–Kier alpha value is -1.84. The lowest BCUT2D eigenvalue weighted by Gasteiger charge is -2.23. The molecular formula is C17H25N3O. The van der Waals surface area contributed by atoms with Crippen molar-refractivity contribution in [3.05, 3.63) is 41.2 Å². The van der Waals surface area contributed by atoms with Crippen LogP contribution in [0.1, 0.15) is 57.4 Å². The monoisotopic (exact) mass is 287 g/mol. The summed E-state index contributed by atoms with van der Waals surface area (Å²) in [5.74, 6) is 1.31. The minimum atomic E-state index is 0.132. The molecule has 0 fully saturated rings. The van der Waals surface area contributed by atoms with Gasteiger partial charge in [-0.25, -0.2) is 0 Å². The first-order valence-corrected chi connectivity index (χ1v) is 7.53. The van der Waals surface area contributed by atoms with E-state index in [-0.39, 0.29) is 5.41 Å². The summed E-state index contributed by atoms with van der Waals surface area (Å²) in [6.45, 7) is 11.6. The number of nitrogens with one attached hydrogen (secondary N) is 1. The standard InChI is InChI=1S/C17H25N3O/c1-6-21-16-8-7-13(17(3,4)5)10-15(16)12(2)9-14-11-18-20-19-14/h7-8,10-12H,6,9H2,1-5H3,(H,18,19,20). The number of nitrogens with zero attached hydrogens (tertiary/aromatic N) is 2. The van der Waals surface area contributed by atoms with Gasteiger partial charge < -0.3 is 4.74 Å². The van der Waals surface area contributed by atoms with Gasteiger partial charge in [0.25, 0.3) is 0 Å². The molecular weight excluding hydrogens is 262 g/mol. The SMILES string of the molecule is CCOc1ccc(C(C)(C)C)cc1C(C)Cc1cn[nH]n1. The van der Waals surface area contributed by atoms with Crippen molar-refractivity contribution >= 4 is 0 Å². The van der Waals surface area contributed by atoms with E-state index in [0.717, 1.165) is 17.9 Å². The Bertz CT molecular complexity index is 570. The molecule has 2 aromatic rings. The van der Waals surface area contributed by atoms with Crippen LogP contribution >= 0.6 is 0 Å². The van der Waals surface area contributed by atoms with Crippen molar-refractivity contribution in [1.82, 2.24) is 15.4 Å². The third kappa shape index (κ3) is 3.84. The zero-order chi connectivity index (χ0) is 15.5. The van der Waals surface area contributed by atoms with E-state index < -0.39 is 0 Å². The van der Waals surface area contributed by atoms with E-state index in [9.17, 15) is 0 Å². The van der Waals surface area contributed by atoms with Crippen LogP contribution in [-0.4, -0.2) is 22.0 Å². The molecule has 4 heteroatoms. The first-order valence-electron chi connectivity index (χ1n) is 7.53. The molecule has 1 aromatic heterocycles. The van der Waals surface area contributed by atoms with E-state index in [4.69, 9.17) is 4.74 Å². The van der Waals surface area contributed by atoms with Gasteiger partial charge in [0.15, 0.2) is 0 Å². The highest BCUT2D eigenvalue weighted by molar-refractivity contribution is 5.42.